The first kappa shape index (κ1) is 23.6. The highest BCUT2D eigenvalue weighted by molar-refractivity contribution is 5.85. The second kappa shape index (κ2) is 9.56. The fourth-order valence-electron chi connectivity index (χ4n) is 4.67. The van der Waals surface area contributed by atoms with Gasteiger partial charge in [-0.1, -0.05) is 78.0 Å². The lowest BCUT2D eigenvalue weighted by molar-refractivity contribution is -0.140. The van der Waals surface area contributed by atoms with Crippen LogP contribution in [0.3, 0.4) is 0 Å². The summed E-state index contributed by atoms with van der Waals surface area (Å²) in [5.74, 6) is 1.41. The zero-order chi connectivity index (χ0) is 26.1. The quantitative estimate of drug-likeness (QED) is 0.224. The Labute approximate surface area is 220 Å². The van der Waals surface area contributed by atoms with E-state index in [-0.39, 0.29) is 0 Å². The van der Waals surface area contributed by atoms with E-state index in [1.165, 1.54) is 0 Å². The van der Waals surface area contributed by atoms with Crippen LogP contribution >= 0.6 is 0 Å². The van der Waals surface area contributed by atoms with Crippen molar-refractivity contribution in [1.82, 2.24) is 5.16 Å². The Balaban J connectivity index is 1.21. The van der Waals surface area contributed by atoms with Crippen LogP contribution < -0.4 is 10.1 Å². The molecular weight excluding hydrogens is 476 g/mol. The minimum absolute atomic E-state index is 0.649. The van der Waals surface area contributed by atoms with E-state index in [4.69, 9.17) is 9.26 Å². The second-order valence-corrected chi connectivity index (χ2v) is 9.58. The van der Waals surface area contributed by atoms with E-state index in [1.807, 2.05) is 110 Å². The highest BCUT2D eigenvalue weighted by atomic mass is 16.5. The molecule has 6 heteroatoms. The Morgan fingerprint density at radius 3 is 2.13 bits per heavy atom. The fourth-order valence-corrected chi connectivity index (χ4v) is 4.67. The number of carboxylic acid groups (broad SMARTS) is 1. The van der Waals surface area contributed by atoms with Crippen molar-refractivity contribution in [1.29, 1.82) is 0 Å². The van der Waals surface area contributed by atoms with E-state index in [0.29, 0.717) is 18.6 Å². The first-order valence-corrected chi connectivity index (χ1v) is 12.5. The standard InChI is InChI=1S/C32H26N2O4/c1-21-29(33-26-6-5-9-28(20-26)37-27-7-3-2-4-8-27)30(38-34-21)24-12-10-22(11-13-24)23-14-16-25(17-15-23)32(18-19-32)31(35)36/h2-17,20,33H,18-19H2,1H3,(H,35,36). The molecule has 188 valence electrons. The molecule has 2 N–H and O–H groups in total. The van der Waals surface area contributed by atoms with Gasteiger partial charge in [0.1, 0.15) is 22.9 Å². The summed E-state index contributed by atoms with van der Waals surface area (Å²) in [6, 6.07) is 33.3. The number of benzene rings is 4. The zero-order valence-corrected chi connectivity index (χ0v) is 20.8. The lowest BCUT2D eigenvalue weighted by atomic mass is 9.93. The van der Waals surface area contributed by atoms with Crippen molar-refractivity contribution in [3.05, 3.63) is 114 Å². The molecule has 0 spiro atoms. The van der Waals surface area contributed by atoms with Gasteiger partial charge in [0.25, 0.3) is 0 Å². The highest BCUT2D eigenvalue weighted by Gasteiger charge is 2.51. The molecule has 6 rings (SSSR count). The number of anilines is 2. The summed E-state index contributed by atoms with van der Waals surface area (Å²) in [5, 5.41) is 17.2. The molecule has 1 heterocycles. The number of para-hydroxylation sites is 1. The minimum atomic E-state index is -0.739. The Kier molecular flexibility index (Phi) is 5.92. The van der Waals surface area contributed by atoms with Gasteiger partial charge in [0.2, 0.25) is 0 Å². The molecule has 1 aromatic heterocycles. The number of hydrogen-bond acceptors (Lipinski definition) is 5. The Hall–Kier alpha value is -4.84. The molecular formula is C32H26N2O4. The summed E-state index contributed by atoms with van der Waals surface area (Å²) >= 11 is 0. The average Bonchev–Trinajstić information content (AvgIpc) is 3.69. The summed E-state index contributed by atoms with van der Waals surface area (Å²) in [5.41, 5.74) is 5.55. The Morgan fingerprint density at radius 2 is 1.47 bits per heavy atom. The lowest BCUT2D eigenvalue weighted by Crippen LogP contribution is -2.19. The minimum Gasteiger partial charge on any atom is -0.481 e. The number of carboxylic acids is 1. The van der Waals surface area contributed by atoms with Crippen molar-refractivity contribution in [3.63, 3.8) is 0 Å². The predicted molar refractivity (Wildman–Crippen MR) is 147 cm³/mol. The maximum Gasteiger partial charge on any atom is 0.314 e. The van der Waals surface area contributed by atoms with Crippen molar-refractivity contribution in [2.24, 2.45) is 0 Å². The van der Waals surface area contributed by atoms with Gasteiger partial charge in [-0.15, -0.1) is 0 Å². The van der Waals surface area contributed by atoms with Crippen LogP contribution in [0.2, 0.25) is 0 Å². The third-order valence-corrected chi connectivity index (χ3v) is 7.02. The van der Waals surface area contributed by atoms with Crippen LogP contribution in [0, 0.1) is 6.92 Å². The van der Waals surface area contributed by atoms with E-state index >= 15 is 0 Å². The number of aliphatic carboxylic acids is 1. The topological polar surface area (TPSA) is 84.6 Å². The second-order valence-electron chi connectivity index (χ2n) is 9.58. The summed E-state index contributed by atoms with van der Waals surface area (Å²) in [4.78, 5) is 11.6. The van der Waals surface area contributed by atoms with E-state index in [2.05, 4.69) is 10.5 Å². The smallest absolute Gasteiger partial charge is 0.314 e. The SMILES string of the molecule is Cc1noc(-c2ccc(-c3ccc(C4(C(=O)O)CC4)cc3)cc2)c1Nc1cccc(Oc2ccccc2)c1. The molecule has 0 radical (unpaired) electrons. The average molecular weight is 503 g/mol. The summed E-state index contributed by atoms with van der Waals surface area (Å²) in [6.45, 7) is 1.90. The van der Waals surface area contributed by atoms with E-state index < -0.39 is 11.4 Å². The Morgan fingerprint density at radius 1 is 0.842 bits per heavy atom. The third kappa shape index (κ3) is 4.52. The molecule has 0 atom stereocenters. The van der Waals surface area contributed by atoms with Gasteiger partial charge in [-0.25, -0.2) is 0 Å². The largest absolute Gasteiger partial charge is 0.481 e. The molecule has 1 fully saturated rings. The third-order valence-electron chi connectivity index (χ3n) is 7.02. The molecule has 1 saturated carbocycles. The molecule has 4 aromatic carbocycles. The van der Waals surface area contributed by atoms with Gasteiger partial charge in [0.05, 0.1) is 5.41 Å². The highest BCUT2D eigenvalue weighted by Crippen LogP contribution is 2.48. The molecule has 0 amide bonds. The molecule has 5 aromatic rings. The molecule has 1 aliphatic rings. The maximum absolute atomic E-state index is 11.6. The fraction of sp³-hybridized carbons (Fsp3) is 0.125. The zero-order valence-electron chi connectivity index (χ0n) is 20.8. The van der Waals surface area contributed by atoms with Gasteiger partial charge < -0.3 is 19.7 Å². The normalized spacial score (nSPS) is 13.6. The summed E-state index contributed by atoms with van der Waals surface area (Å²) in [7, 11) is 0. The Bertz CT molecular complexity index is 1590. The van der Waals surface area contributed by atoms with Gasteiger partial charge in [-0.3, -0.25) is 4.79 Å². The number of nitrogens with zero attached hydrogens (tertiary/aromatic N) is 1. The van der Waals surface area contributed by atoms with Crippen molar-refractivity contribution < 1.29 is 19.2 Å². The number of nitrogens with one attached hydrogen (secondary N) is 1. The predicted octanol–water partition coefficient (Wildman–Crippen LogP) is 7.97. The van der Waals surface area contributed by atoms with Crippen LogP contribution in [-0.2, 0) is 10.2 Å². The summed E-state index contributed by atoms with van der Waals surface area (Å²) < 4.78 is 11.7. The van der Waals surface area contributed by atoms with Crippen molar-refractivity contribution in [2.75, 3.05) is 5.32 Å². The van der Waals surface area contributed by atoms with Crippen LogP contribution in [0.15, 0.2) is 108 Å². The van der Waals surface area contributed by atoms with E-state index in [1.54, 1.807) is 0 Å². The van der Waals surface area contributed by atoms with Crippen molar-refractivity contribution in [3.8, 4) is 33.9 Å². The number of hydrogen-bond donors (Lipinski definition) is 2. The maximum atomic E-state index is 11.6. The van der Waals surface area contributed by atoms with E-state index in [0.717, 1.165) is 50.8 Å². The summed E-state index contributed by atoms with van der Waals surface area (Å²) in [6.07, 6.45) is 1.40. The first-order chi connectivity index (χ1) is 18.5. The van der Waals surface area contributed by atoms with Gasteiger partial charge >= 0.3 is 5.97 Å². The van der Waals surface area contributed by atoms with Crippen LogP contribution in [0.5, 0.6) is 11.5 Å². The molecule has 38 heavy (non-hydrogen) atoms. The molecule has 0 bridgehead atoms. The van der Waals surface area contributed by atoms with Crippen LogP contribution in [-0.4, -0.2) is 16.2 Å². The number of rotatable bonds is 8. The van der Waals surface area contributed by atoms with E-state index in [9.17, 15) is 9.90 Å². The van der Waals surface area contributed by atoms with Crippen molar-refractivity contribution in [2.45, 2.75) is 25.2 Å². The van der Waals surface area contributed by atoms with Gasteiger partial charge in [-0.05, 0) is 60.7 Å². The molecule has 1 aliphatic carbocycles. The number of aromatic nitrogens is 1. The van der Waals surface area contributed by atoms with Gasteiger partial charge in [-0.2, -0.15) is 0 Å². The number of ether oxygens (including phenoxy) is 1. The lowest BCUT2D eigenvalue weighted by Gasteiger charge is -2.11. The molecule has 0 unspecified atom stereocenters. The molecule has 0 aliphatic heterocycles. The first-order valence-electron chi connectivity index (χ1n) is 12.5. The van der Waals surface area contributed by atoms with Crippen molar-refractivity contribution >= 4 is 17.3 Å². The van der Waals surface area contributed by atoms with Crippen LogP contribution in [0.4, 0.5) is 11.4 Å². The monoisotopic (exact) mass is 502 g/mol. The molecule has 0 saturated heterocycles. The number of aryl methyl sites for hydroxylation is 1. The van der Waals surface area contributed by atoms with Crippen LogP contribution in [0.1, 0.15) is 24.1 Å². The molecule has 6 nitrogen and oxygen atoms in total. The van der Waals surface area contributed by atoms with Gasteiger partial charge in [0, 0.05) is 17.3 Å². The van der Waals surface area contributed by atoms with Gasteiger partial charge in [0.15, 0.2) is 5.76 Å². The number of carbonyl (C=O) groups is 1. The van der Waals surface area contributed by atoms with Crippen LogP contribution in [0.25, 0.3) is 22.5 Å².